The van der Waals surface area contributed by atoms with Gasteiger partial charge in [0, 0.05) is 18.3 Å². The zero-order valence-corrected chi connectivity index (χ0v) is 14.9. The van der Waals surface area contributed by atoms with E-state index in [1.54, 1.807) is 0 Å². The molecule has 0 saturated carbocycles. The zero-order chi connectivity index (χ0) is 19.3. The lowest BCUT2D eigenvalue weighted by atomic mass is 9.92. The summed E-state index contributed by atoms with van der Waals surface area (Å²) >= 11 is 0. The summed E-state index contributed by atoms with van der Waals surface area (Å²) < 4.78 is 36.8. The highest BCUT2D eigenvalue weighted by molar-refractivity contribution is 5.82. The molecule has 26 heavy (non-hydrogen) atoms. The standard InChI is InChI=1S/C20H23F3N2O/c1-4-5-6-13(2)14(3)15-8-10-18-16(11-15)7-9-17(25-18)12-24-19(26)20(21,22)23/h4-6,8,10-11,17,25H,3,7,9,12H2,1-2H3,(H,24,26)/b5-4-,13-6-. The fraction of sp³-hybridized carbons (Fsp3) is 0.350. The Bertz CT molecular complexity index is 748. The number of anilines is 1. The summed E-state index contributed by atoms with van der Waals surface area (Å²) in [5, 5.41) is 5.13. The van der Waals surface area contributed by atoms with Gasteiger partial charge >= 0.3 is 12.1 Å². The van der Waals surface area contributed by atoms with Crippen molar-refractivity contribution in [1.82, 2.24) is 5.32 Å². The first-order valence-electron chi connectivity index (χ1n) is 8.46. The van der Waals surface area contributed by atoms with Gasteiger partial charge in [-0.15, -0.1) is 0 Å². The fourth-order valence-corrected chi connectivity index (χ4v) is 2.79. The summed E-state index contributed by atoms with van der Waals surface area (Å²) in [6, 6.07) is 5.69. The van der Waals surface area contributed by atoms with E-state index in [1.807, 2.05) is 49.5 Å². The molecule has 3 nitrogen and oxygen atoms in total. The molecule has 1 aliphatic heterocycles. The van der Waals surface area contributed by atoms with Crippen molar-refractivity contribution in [2.75, 3.05) is 11.9 Å². The molecule has 0 fully saturated rings. The number of fused-ring (bicyclic) bond motifs is 1. The number of aryl methyl sites for hydroxylation is 1. The first-order chi connectivity index (χ1) is 12.2. The quantitative estimate of drug-likeness (QED) is 0.748. The molecule has 0 radical (unpaired) electrons. The van der Waals surface area contributed by atoms with Crippen molar-refractivity contribution in [2.24, 2.45) is 0 Å². The van der Waals surface area contributed by atoms with Gasteiger partial charge in [-0.3, -0.25) is 4.79 Å². The van der Waals surface area contributed by atoms with Crippen molar-refractivity contribution < 1.29 is 18.0 Å². The van der Waals surface area contributed by atoms with Gasteiger partial charge in [-0.05, 0) is 61.1 Å². The minimum atomic E-state index is -4.85. The number of carbonyl (C=O) groups excluding carboxylic acids is 1. The maximum absolute atomic E-state index is 12.3. The third kappa shape index (κ3) is 5.00. The van der Waals surface area contributed by atoms with Crippen molar-refractivity contribution in [3.8, 4) is 0 Å². The predicted molar refractivity (Wildman–Crippen MR) is 98.8 cm³/mol. The van der Waals surface area contributed by atoms with E-state index in [0.29, 0.717) is 6.42 Å². The Hall–Kier alpha value is -2.50. The number of alkyl halides is 3. The van der Waals surface area contributed by atoms with E-state index in [0.717, 1.165) is 34.4 Å². The summed E-state index contributed by atoms with van der Waals surface area (Å²) in [6.45, 7) is 8.03. The molecule has 1 heterocycles. The molecule has 2 rings (SSSR count). The van der Waals surface area contributed by atoms with E-state index in [1.165, 1.54) is 0 Å². The normalized spacial score (nSPS) is 17.6. The van der Waals surface area contributed by atoms with Gasteiger partial charge in [0.15, 0.2) is 0 Å². The van der Waals surface area contributed by atoms with Gasteiger partial charge in [-0.25, -0.2) is 0 Å². The second-order valence-corrected chi connectivity index (χ2v) is 6.31. The molecule has 1 aliphatic rings. The number of hydrogen-bond acceptors (Lipinski definition) is 2. The maximum Gasteiger partial charge on any atom is 0.471 e. The van der Waals surface area contributed by atoms with Gasteiger partial charge in [-0.2, -0.15) is 13.2 Å². The Labute approximate surface area is 151 Å². The van der Waals surface area contributed by atoms with Crippen molar-refractivity contribution >= 4 is 17.2 Å². The number of nitrogens with one attached hydrogen (secondary N) is 2. The summed E-state index contributed by atoms with van der Waals surface area (Å²) in [4.78, 5) is 10.9. The summed E-state index contributed by atoms with van der Waals surface area (Å²) in [6.07, 6.45) is 2.44. The average Bonchev–Trinajstić information content (AvgIpc) is 2.62. The van der Waals surface area contributed by atoms with Crippen molar-refractivity contribution in [3.05, 3.63) is 59.7 Å². The van der Waals surface area contributed by atoms with Crippen LogP contribution in [0, 0.1) is 0 Å². The molecule has 0 aliphatic carbocycles. The van der Waals surface area contributed by atoms with Crippen LogP contribution in [0.25, 0.3) is 5.57 Å². The number of rotatable bonds is 5. The number of amides is 1. The van der Waals surface area contributed by atoms with Crippen molar-refractivity contribution in [3.63, 3.8) is 0 Å². The van der Waals surface area contributed by atoms with E-state index in [9.17, 15) is 18.0 Å². The van der Waals surface area contributed by atoms with Gasteiger partial charge in [-0.1, -0.05) is 30.9 Å². The van der Waals surface area contributed by atoms with Crippen LogP contribution in [-0.2, 0) is 11.2 Å². The number of benzene rings is 1. The minimum Gasteiger partial charge on any atom is -0.380 e. The maximum atomic E-state index is 12.3. The highest BCUT2D eigenvalue weighted by Gasteiger charge is 2.38. The minimum absolute atomic E-state index is 0.0581. The Morgan fingerprint density at radius 1 is 1.42 bits per heavy atom. The molecule has 0 spiro atoms. The summed E-state index contributed by atoms with van der Waals surface area (Å²) in [5.74, 6) is -1.90. The third-order valence-corrected chi connectivity index (χ3v) is 4.36. The van der Waals surface area contributed by atoms with Crippen LogP contribution in [0.3, 0.4) is 0 Å². The van der Waals surface area contributed by atoms with Gasteiger partial charge < -0.3 is 10.6 Å². The van der Waals surface area contributed by atoms with Crippen LogP contribution in [0.1, 0.15) is 31.4 Å². The first-order valence-corrected chi connectivity index (χ1v) is 8.46. The van der Waals surface area contributed by atoms with Gasteiger partial charge in [0.05, 0.1) is 0 Å². The largest absolute Gasteiger partial charge is 0.471 e. The Morgan fingerprint density at radius 2 is 2.15 bits per heavy atom. The van der Waals surface area contributed by atoms with Crippen LogP contribution >= 0.6 is 0 Å². The highest BCUT2D eigenvalue weighted by atomic mass is 19.4. The highest BCUT2D eigenvalue weighted by Crippen LogP contribution is 2.30. The number of hydrogen-bond donors (Lipinski definition) is 2. The third-order valence-electron chi connectivity index (χ3n) is 4.36. The van der Waals surface area contributed by atoms with Crippen LogP contribution in [0.15, 0.2) is 48.6 Å². The van der Waals surface area contributed by atoms with Crippen LogP contribution in [0.2, 0.25) is 0 Å². The SMILES string of the molecule is C=C(/C(C)=C\C=C/C)c1ccc2c(c1)CCC(CNC(=O)C(F)(F)F)N2. The first kappa shape index (κ1) is 19.8. The average molecular weight is 364 g/mol. The summed E-state index contributed by atoms with van der Waals surface area (Å²) in [5.41, 5.74) is 5.01. The molecule has 140 valence electrons. The lowest BCUT2D eigenvalue weighted by molar-refractivity contribution is -0.173. The monoisotopic (exact) mass is 364 g/mol. The topological polar surface area (TPSA) is 41.1 Å². The zero-order valence-electron chi connectivity index (χ0n) is 14.9. The smallest absolute Gasteiger partial charge is 0.380 e. The van der Waals surface area contributed by atoms with Crippen molar-refractivity contribution in [1.29, 1.82) is 0 Å². The molecule has 1 aromatic carbocycles. The molecule has 1 amide bonds. The van der Waals surface area contributed by atoms with Crippen LogP contribution in [0.4, 0.5) is 18.9 Å². The fourth-order valence-electron chi connectivity index (χ4n) is 2.79. The molecular weight excluding hydrogens is 341 g/mol. The van der Waals surface area contributed by atoms with Crippen molar-refractivity contribution in [2.45, 2.75) is 38.9 Å². The predicted octanol–water partition coefficient (Wildman–Crippen LogP) is 4.63. The van der Waals surface area contributed by atoms with Gasteiger partial charge in [0.25, 0.3) is 0 Å². The Kier molecular flexibility index (Phi) is 6.29. The van der Waals surface area contributed by atoms with E-state index in [4.69, 9.17) is 0 Å². The van der Waals surface area contributed by atoms with E-state index < -0.39 is 12.1 Å². The lowest BCUT2D eigenvalue weighted by Crippen LogP contribution is -2.43. The van der Waals surface area contributed by atoms with Gasteiger partial charge in [0.2, 0.25) is 0 Å². The molecule has 2 N–H and O–H groups in total. The molecule has 0 saturated heterocycles. The number of carbonyl (C=O) groups is 1. The van der Waals surface area contributed by atoms with Crippen LogP contribution < -0.4 is 10.6 Å². The van der Waals surface area contributed by atoms with Gasteiger partial charge in [0.1, 0.15) is 0 Å². The Balaban J connectivity index is 2.03. The molecule has 1 unspecified atom stereocenters. The van der Waals surface area contributed by atoms with Crippen LogP contribution in [0.5, 0.6) is 0 Å². The second kappa shape index (κ2) is 8.25. The summed E-state index contributed by atoms with van der Waals surface area (Å²) in [7, 11) is 0. The number of halogens is 3. The lowest BCUT2D eigenvalue weighted by Gasteiger charge is -2.28. The number of allylic oxidation sites excluding steroid dienone is 5. The molecule has 6 heteroatoms. The molecule has 0 bridgehead atoms. The molecule has 0 aromatic heterocycles. The van der Waals surface area contributed by atoms with E-state index >= 15 is 0 Å². The van der Waals surface area contributed by atoms with Crippen LogP contribution in [-0.4, -0.2) is 24.7 Å². The molecular formula is C20H23F3N2O. The molecule has 1 atom stereocenters. The van der Waals surface area contributed by atoms with E-state index in [-0.39, 0.29) is 12.6 Å². The second-order valence-electron chi connectivity index (χ2n) is 6.31. The molecule has 1 aromatic rings. The Morgan fingerprint density at radius 3 is 2.81 bits per heavy atom. The van der Waals surface area contributed by atoms with E-state index in [2.05, 4.69) is 18.0 Å².